The molecule has 0 heterocycles. The van der Waals surface area contributed by atoms with Gasteiger partial charge in [0.15, 0.2) is 0 Å². The van der Waals surface area contributed by atoms with E-state index in [4.69, 9.17) is 5.73 Å². The third-order valence-electron chi connectivity index (χ3n) is 3.76. The van der Waals surface area contributed by atoms with E-state index in [1.165, 1.54) is 11.1 Å². The molecule has 1 unspecified atom stereocenters. The van der Waals surface area contributed by atoms with E-state index in [9.17, 15) is 4.39 Å². The van der Waals surface area contributed by atoms with Gasteiger partial charge in [-0.25, -0.2) is 4.39 Å². The topological polar surface area (TPSA) is 38.0 Å². The van der Waals surface area contributed by atoms with Crippen LogP contribution in [0.5, 0.6) is 0 Å². The Balaban J connectivity index is 1.84. The van der Waals surface area contributed by atoms with Crippen molar-refractivity contribution in [2.45, 2.75) is 25.8 Å². The number of fused-ring (bicyclic) bond motifs is 1. The van der Waals surface area contributed by atoms with Gasteiger partial charge in [-0.2, -0.15) is 0 Å². The molecule has 98 valence electrons. The van der Waals surface area contributed by atoms with Crippen molar-refractivity contribution >= 4 is 11.4 Å². The highest BCUT2D eigenvalue weighted by Gasteiger charge is 2.22. The smallest absolute Gasteiger partial charge is 0.128 e. The molecule has 2 aromatic rings. The van der Waals surface area contributed by atoms with Crippen LogP contribution in [0.1, 0.15) is 29.2 Å². The zero-order valence-electron chi connectivity index (χ0n) is 10.9. The molecule has 2 nitrogen and oxygen atoms in total. The van der Waals surface area contributed by atoms with Crippen molar-refractivity contribution in [1.82, 2.24) is 0 Å². The summed E-state index contributed by atoms with van der Waals surface area (Å²) in [6.07, 6.45) is 2.04. The quantitative estimate of drug-likeness (QED) is 0.802. The average Bonchev–Trinajstić information content (AvgIpc) is 2.76. The zero-order valence-corrected chi connectivity index (χ0v) is 10.9. The molecule has 3 N–H and O–H groups in total. The number of nitrogens with one attached hydrogen (secondary N) is 1. The highest BCUT2D eigenvalue weighted by molar-refractivity contribution is 5.52. The van der Waals surface area contributed by atoms with Crippen molar-refractivity contribution in [3.8, 4) is 0 Å². The van der Waals surface area contributed by atoms with Crippen LogP contribution in [0.15, 0.2) is 36.4 Å². The van der Waals surface area contributed by atoms with Crippen LogP contribution in [0.4, 0.5) is 15.8 Å². The number of nitrogen functional groups attached to an aromatic ring is 1. The minimum absolute atomic E-state index is 0.166. The van der Waals surface area contributed by atoms with Crippen LogP contribution in [-0.4, -0.2) is 0 Å². The monoisotopic (exact) mass is 256 g/mol. The van der Waals surface area contributed by atoms with Crippen LogP contribution in [0.3, 0.4) is 0 Å². The number of hydrogen-bond acceptors (Lipinski definition) is 2. The molecule has 19 heavy (non-hydrogen) atoms. The lowest BCUT2D eigenvalue weighted by Gasteiger charge is -2.16. The summed E-state index contributed by atoms with van der Waals surface area (Å²) < 4.78 is 13.5. The van der Waals surface area contributed by atoms with Gasteiger partial charge in [0.2, 0.25) is 0 Å². The highest BCUT2D eigenvalue weighted by atomic mass is 19.1. The van der Waals surface area contributed by atoms with E-state index in [2.05, 4.69) is 11.4 Å². The van der Waals surface area contributed by atoms with Crippen LogP contribution in [0, 0.1) is 12.7 Å². The van der Waals surface area contributed by atoms with Crippen LogP contribution in [0.2, 0.25) is 0 Å². The standard InChI is InChI=1S/C16H17FN2/c1-10-2-5-13(9-15(10)17)19-16-7-3-11-8-12(18)4-6-14(11)16/h2,4-6,8-9,16,19H,3,7,18H2,1H3. The van der Waals surface area contributed by atoms with E-state index in [0.717, 1.165) is 24.2 Å². The maximum atomic E-state index is 13.5. The van der Waals surface area contributed by atoms with Crippen molar-refractivity contribution in [2.75, 3.05) is 11.1 Å². The highest BCUT2D eigenvalue weighted by Crippen LogP contribution is 2.35. The van der Waals surface area contributed by atoms with E-state index >= 15 is 0 Å². The van der Waals surface area contributed by atoms with E-state index in [0.29, 0.717) is 5.56 Å². The molecule has 0 fully saturated rings. The number of nitrogens with two attached hydrogens (primary N) is 1. The molecule has 1 atom stereocenters. The average molecular weight is 256 g/mol. The Bertz CT molecular complexity index is 622. The van der Waals surface area contributed by atoms with Gasteiger partial charge in [0.25, 0.3) is 0 Å². The number of hydrogen-bond donors (Lipinski definition) is 2. The minimum Gasteiger partial charge on any atom is -0.399 e. The summed E-state index contributed by atoms with van der Waals surface area (Å²) >= 11 is 0. The van der Waals surface area contributed by atoms with Gasteiger partial charge < -0.3 is 11.1 Å². The van der Waals surface area contributed by atoms with E-state index in [1.54, 1.807) is 19.1 Å². The lowest BCUT2D eigenvalue weighted by atomic mass is 10.1. The van der Waals surface area contributed by atoms with Crippen molar-refractivity contribution in [3.63, 3.8) is 0 Å². The molecule has 0 radical (unpaired) electrons. The van der Waals surface area contributed by atoms with Crippen molar-refractivity contribution in [2.24, 2.45) is 0 Å². The molecule has 0 aliphatic heterocycles. The zero-order chi connectivity index (χ0) is 13.4. The molecule has 0 saturated heterocycles. The second kappa shape index (κ2) is 4.57. The van der Waals surface area contributed by atoms with Crippen LogP contribution >= 0.6 is 0 Å². The number of aryl methyl sites for hydroxylation is 2. The van der Waals surface area contributed by atoms with Gasteiger partial charge >= 0.3 is 0 Å². The van der Waals surface area contributed by atoms with Crippen molar-refractivity contribution < 1.29 is 4.39 Å². The van der Waals surface area contributed by atoms with Crippen LogP contribution in [-0.2, 0) is 6.42 Å². The van der Waals surface area contributed by atoms with Gasteiger partial charge in [-0.05, 0) is 60.7 Å². The predicted molar refractivity (Wildman–Crippen MR) is 76.7 cm³/mol. The third-order valence-corrected chi connectivity index (χ3v) is 3.76. The second-order valence-electron chi connectivity index (χ2n) is 5.16. The fourth-order valence-corrected chi connectivity index (χ4v) is 2.67. The molecule has 0 saturated carbocycles. The Morgan fingerprint density at radius 1 is 1.21 bits per heavy atom. The summed E-state index contributed by atoms with van der Waals surface area (Å²) in [5.41, 5.74) is 10.7. The Hall–Kier alpha value is -2.03. The van der Waals surface area contributed by atoms with Gasteiger partial charge in [-0.1, -0.05) is 12.1 Å². The number of benzene rings is 2. The Kier molecular flexibility index (Phi) is 2.90. The summed E-state index contributed by atoms with van der Waals surface area (Å²) in [7, 11) is 0. The fraction of sp³-hybridized carbons (Fsp3) is 0.250. The van der Waals surface area contributed by atoms with E-state index < -0.39 is 0 Å². The van der Waals surface area contributed by atoms with E-state index in [-0.39, 0.29) is 11.9 Å². The molecule has 0 bridgehead atoms. The first kappa shape index (κ1) is 12.0. The predicted octanol–water partition coefficient (Wildman–Crippen LogP) is 3.82. The molecule has 3 rings (SSSR count). The molecular weight excluding hydrogens is 239 g/mol. The molecule has 0 aromatic heterocycles. The van der Waals surface area contributed by atoms with Crippen molar-refractivity contribution in [3.05, 3.63) is 58.9 Å². The van der Waals surface area contributed by atoms with Gasteiger partial charge in [0, 0.05) is 11.4 Å². The van der Waals surface area contributed by atoms with Crippen molar-refractivity contribution in [1.29, 1.82) is 0 Å². The molecule has 2 aromatic carbocycles. The van der Waals surface area contributed by atoms with Crippen LogP contribution < -0.4 is 11.1 Å². The normalized spacial score (nSPS) is 17.3. The van der Waals surface area contributed by atoms with Gasteiger partial charge in [-0.3, -0.25) is 0 Å². The maximum absolute atomic E-state index is 13.5. The Morgan fingerprint density at radius 2 is 2.05 bits per heavy atom. The lowest BCUT2D eigenvalue weighted by molar-refractivity contribution is 0.618. The molecular formula is C16H17FN2. The minimum atomic E-state index is -0.166. The summed E-state index contributed by atoms with van der Waals surface area (Å²) in [6.45, 7) is 1.77. The van der Waals surface area contributed by atoms with Gasteiger partial charge in [0.05, 0.1) is 6.04 Å². The summed E-state index contributed by atoms with van der Waals surface area (Å²) in [6, 6.07) is 11.6. The Morgan fingerprint density at radius 3 is 2.84 bits per heavy atom. The first-order valence-corrected chi connectivity index (χ1v) is 6.54. The number of halogens is 1. The Labute approximate surface area is 112 Å². The third kappa shape index (κ3) is 2.28. The van der Waals surface area contributed by atoms with E-state index in [1.807, 2.05) is 18.2 Å². The SMILES string of the molecule is Cc1ccc(NC2CCc3cc(N)ccc32)cc1F. The lowest BCUT2D eigenvalue weighted by Crippen LogP contribution is -2.07. The molecule has 0 spiro atoms. The van der Waals surface area contributed by atoms with Gasteiger partial charge in [-0.15, -0.1) is 0 Å². The maximum Gasteiger partial charge on any atom is 0.128 e. The molecule has 0 amide bonds. The first-order valence-electron chi connectivity index (χ1n) is 6.54. The summed E-state index contributed by atoms with van der Waals surface area (Å²) in [5, 5.41) is 3.40. The number of anilines is 2. The first-order chi connectivity index (χ1) is 9.13. The molecule has 3 heteroatoms. The summed E-state index contributed by atoms with van der Waals surface area (Å²) in [4.78, 5) is 0. The second-order valence-corrected chi connectivity index (χ2v) is 5.16. The fourth-order valence-electron chi connectivity index (χ4n) is 2.67. The number of rotatable bonds is 2. The largest absolute Gasteiger partial charge is 0.399 e. The van der Waals surface area contributed by atoms with Gasteiger partial charge in [0.1, 0.15) is 5.82 Å². The summed E-state index contributed by atoms with van der Waals surface area (Å²) in [5.74, 6) is -0.166. The molecule has 1 aliphatic rings. The molecule has 1 aliphatic carbocycles. The van der Waals surface area contributed by atoms with Crippen LogP contribution in [0.25, 0.3) is 0 Å².